The van der Waals surface area contributed by atoms with E-state index in [2.05, 4.69) is 15.5 Å². The predicted octanol–water partition coefficient (Wildman–Crippen LogP) is 2.35. The average Bonchev–Trinajstić information content (AvgIpc) is 3.16. The van der Waals surface area contributed by atoms with Gasteiger partial charge >= 0.3 is 5.97 Å². The molecule has 7 heteroatoms. The molecule has 1 amide bonds. The number of carboxylic acids is 1. The molecule has 23 heavy (non-hydrogen) atoms. The Morgan fingerprint density at radius 2 is 2.04 bits per heavy atom. The number of hydrogen-bond donors (Lipinski definition) is 3. The lowest BCUT2D eigenvalue weighted by atomic mass is 9.86. The van der Waals surface area contributed by atoms with Crippen LogP contribution in [0.15, 0.2) is 22.6 Å². The van der Waals surface area contributed by atoms with Gasteiger partial charge in [-0.2, -0.15) is 5.10 Å². The summed E-state index contributed by atoms with van der Waals surface area (Å²) in [4.78, 5) is 23.2. The molecule has 0 unspecified atom stereocenters. The molecule has 0 radical (unpaired) electrons. The van der Waals surface area contributed by atoms with Gasteiger partial charge in [0.25, 0.3) is 5.91 Å². The van der Waals surface area contributed by atoms with Gasteiger partial charge in [-0.15, -0.1) is 0 Å². The van der Waals surface area contributed by atoms with Crippen LogP contribution < -0.4 is 5.32 Å². The van der Waals surface area contributed by atoms with Crippen molar-refractivity contribution in [3.63, 3.8) is 0 Å². The van der Waals surface area contributed by atoms with Crippen LogP contribution in [0.4, 0.5) is 0 Å². The molecule has 0 atom stereocenters. The zero-order chi connectivity index (χ0) is 16.4. The van der Waals surface area contributed by atoms with E-state index in [1.54, 1.807) is 6.07 Å². The topological polar surface area (TPSA) is 108 Å². The van der Waals surface area contributed by atoms with Gasteiger partial charge in [0.05, 0.1) is 5.92 Å². The molecule has 0 bridgehead atoms. The summed E-state index contributed by atoms with van der Waals surface area (Å²) in [6.45, 7) is 1.85. The molecule has 2 aromatic heterocycles. The lowest BCUT2D eigenvalue weighted by Crippen LogP contribution is -2.38. The van der Waals surface area contributed by atoms with Crippen LogP contribution in [0.5, 0.6) is 0 Å². The van der Waals surface area contributed by atoms with Gasteiger partial charge < -0.3 is 14.8 Å². The lowest BCUT2D eigenvalue weighted by Gasteiger charge is -2.26. The predicted molar refractivity (Wildman–Crippen MR) is 81.9 cm³/mol. The van der Waals surface area contributed by atoms with Crippen molar-refractivity contribution in [2.45, 2.75) is 38.6 Å². The number of aromatic amines is 1. The number of amides is 1. The normalized spacial score (nSPS) is 21.1. The number of aryl methyl sites for hydroxylation is 1. The molecule has 0 aliphatic heterocycles. The first-order chi connectivity index (χ1) is 11.0. The van der Waals surface area contributed by atoms with Gasteiger partial charge in [0.1, 0.15) is 11.5 Å². The van der Waals surface area contributed by atoms with Crippen molar-refractivity contribution >= 4 is 11.9 Å². The molecule has 1 fully saturated rings. The Labute approximate surface area is 133 Å². The Kier molecular flexibility index (Phi) is 4.18. The Bertz CT molecular complexity index is 710. The van der Waals surface area contributed by atoms with Crippen LogP contribution in [-0.4, -0.2) is 33.2 Å². The Morgan fingerprint density at radius 1 is 1.30 bits per heavy atom. The second-order valence-corrected chi connectivity index (χ2v) is 5.94. The van der Waals surface area contributed by atoms with E-state index in [0.29, 0.717) is 42.8 Å². The summed E-state index contributed by atoms with van der Waals surface area (Å²) in [5, 5.41) is 18.7. The molecule has 2 heterocycles. The minimum atomic E-state index is -0.750. The fraction of sp³-hybridized carbons (Fsp3) is 0.438. The maximum absolute atomic E-state index is 12.2. The smallest absolute Gasteiger partial charge is 0.306 e. The van der Waals surface area contributed by atoms with Crippen molar-refractivity contribution < 1.29 is 19.1 Å². The van der Waals surface area contributed by atoms with Crippen LogP contribution in [-0.2, 0) is 4.79 Å². The molecule has 1 saturated carbocycles. The van der Waals surface area contributed by atoms with Crippen molar-refractivity contribution in [2.75, 3.05) is 0 Å². The number of rotatable bonds is 4. The summed E-state index contributed by atoms with van der Waals surface area (Å²) >= 11 is 0. The summed E-state index contributed by atoms with van der Waals surface area (Å²) in [5.41, 5.74) is 0.951. The lowest BCUT2D eigenvalue weighted by molar-refractivity contribution is -0.142. The van der Waals surface area contributed by atoms with Crippen LogP contribution in [0.2, 0.25) is 0 Å². The first-order valence-electron chi connectivity index (χ1n) is 7.69. The van der Waals surface area contributed by atoms with Gasteiger partial charge in [-0.05, 0) is 44.7 Å². The first-order valence-corrected chi connectivity index (χ1v) is 7.69. The van der Waals surface area contributed by atoms with E-state index < -0.39 is 5.97 Å². The second kappa shape index (κ2) is 6.28. The molecule has 0 saturated heterocycles. The molecular formula is C16H19N3O4. The fourth-order valence-electron chi connectivity index (χ4n) is 2.89. The Morgan fingerprint density at radius 3 is 2.65 bits per heavy atom. The highest BCUT2D eigenvalue weighted by Gasteiger charge is 2.27. The molecule has 1 aliphatic rings. The molecule has 122 valence electrons. The van der Waals surface area contributed by atoms with Gasteiger partial charge in [-0.3, -0.25) is 14.7 Å². The third-order valence-electron chi connectivity index (χ3n) is 4.23. The number of hydrogen-bond acceptors (Lipinski definition) is 4. The second-order valence-electron chi connectivity index (χ2n) is 5.94. The molecule has 3 rings (SSSR count). The third-order valence-corrected chi connectivity index (χ3v) is 4.23. The number of aromatic nitrogens is 2. The number of carbonyl (C=O) groups excluding carboxylic acids is 1. The van der Waals surface area contributed by atoms with Gasteiger partial charge in [-0.25, -0.2) is 0 Å². The summed E-state index contributed by atoms with van der Waals surface area (Å²) in [6, 6.07) is 5.31. The minimum Gasteiger partial charge on any atom is -0.481 e. The number of nitrogens with zero attached hydrogens (tertiary/aromatic N) is 1. The largest absolute Gasteiger partial charge is 0.481 e. The van der Waals surface area contributed by atoms with E-state index in [1.165, 1.54) is 0 Å². The van der Waals surface area contributed by atoms with Crippen LogP contribution in [0.1, 0.15) is 41.9 Å². The Hall–Kier alpha value is -2.57. The molecule has 1 aliphatic carbocycles. The van der Waals surface area contributed by atoms with E-state index in [9.17, 15) is 9.59 Å². The van der Waals surface area contributed by atoms with E-state index >= 15 is 0 Å². The molecule has 2 aromatic rings. The van der Waals surface area contributed by atoms with Crippen molar-refractivity contribution in [1.29, 1.82) is 0 Å². The fourth-order valence-corrected chi connectivity index (χ4v) is 2.89. The van der Waals surface area contributed by atoms with E-state index in [-0.39, 0.29) is 17.9 Å². The average molecular weight is 317 g/mol. The number of nitrogens with one attached hydrogen (secondary N) is 2. The van der Waals surface area contributed by atoms with Gasteiger partial charge in [-0.1, -0.05) is 0 Å². The summed E-state index contributed by atoms with van der Waals surface area (Å²) < 4.78 is 5.49. The summed E-state index contributed by atoms with van der Waals surface area (Å²) in [6.07, 6.45) is 2.55. The number of carboxylic acid groups (broad SMARTS) is 1. The van der Waals surface area contributed by atoms with Gasteiger partial charge in [0.15, 0.2) is 11.5 Å². The molecular weight excluding hydrogens is 298 g/mol. The van der Waals surface area contributed by atoms with Crippen LogP contribution >= 0.6 is 0 Å². The Balaban J connectivity index is 1.59. The third kappa shape index (κ3) is 3.44. The molecule has 7 nitrogen and oxygen atoms in total. The zero-order valence-electron chi connectivity index (χ0n) is 12.8. The molecule has 0 aromatic carbocycles. The van der Waals surface area contributed by atoms with E-state index in [0.717, 1.165) is 5.76 Å². The number of furan rings is 1. The number of aliphatic carboxylic acids is 1. The SMILES string of the molecule is Cc1ccc(-c2cc(C(=O)NC3CCC(C(=O)O)CC3)n[nH]2)o1. The van der Waals surface area contributed by atoms with Crippen LogP contribution in [0.3, 0.4) is 0 Å². The quantitative estimate of drug-likeness (QED) is 0.802. The summed E-state index contributed by atoms with van der Waals surface area (Å²) in [5.74, 6) is 0.129. The van der Waals surface area contributed by atoms with Crippen molar-refractivity contribution in [1.82, 2.24) is 15.5 Å². The highest BCUT2D eigenvalue weighted by molar-refractivity contribution is 5.93. The summed E-state index contributed by atoms with van der Waals surface area (Å²) in [7, 11) is 0. The van der Waals surface area contributed by atoms with Gasteiger partial charge in [0, 0.05) is 12.1 Å². The van der Waals surface area contributed by atoms with Crippen molar-refractivity contribution in [3.8, 4) is 11.5 Å². The maximum Gasteiger partial charge on any atom is 0.306 e. The highest BCUT2D eigenvalue weighted by atomic mass is 16.4. The maximum atomic E-state index is 12.2. The van der Waals surface area contributed by atoms with Crippen LogP contribution in [0, 0.1) is 12.8 Å². The molecule has 3 N–H and O–H groups in total. The van der Waals surface area contributed by atoms with Crippen molar-refractivity contribution in [2.24, 2.45) is 5.92 Å². The van der Waals surface area contributed by atoms with Gasteiger partial charge in [0.2, 0.25) is 0 Å². The zero-order valence-corrected chi connectivity index (χ0v) is 12.8. The first kappa shape index (κ1) is 15.3. The number of H-pyrrole nitrogens is 1. The van der Waals surface area contributed by atoms with Crippen LogP contribution in [0.25, 0.3) is 11.5 Å². The monoisotopic (exact) mass is 317 g/mol. The van der Waals surface area contributed by atoms with E-state index in [1.807, 2.05) is 19.1 Å². The van der Waals surface area contributed by atoms with Crippen molar-refractivity contribution in [3.05, 3.63) is 29.7 Å². The number of carbonyl (C=O) groups is 2. The molecule has 0 spiro atoms. The standard InChI is InChI=1S/C16H19N3O4/c1-9-2-7-14(23-9)12-8-13(19-18-12)15(20)17-11-5-3-10(4-6-11)16(21)22/h2,7-8,10-11H,3-6H2,1H3,(H,17,20)(H,18,19)(H,21,22). The minimum absolute atomic E-state index is 0.00380. The van der Waals surface area contributed by atoms with E-state index in [4.69, 9.17) is 9.52 Å². The highest BCUT2D eigenvalue weighted by Crippen LogP contribution is 2.25.